The predicted octanol–water partition coefficient (Wildman–Crippen LogP) is 9.68. The van der Waals surface area contributed by atoms with Gasteiger partial charge in [0, 0.05) is 36.5 Å². The third-order valence-corrected chi connectivity index (χ3v) is 13.9. The van der Waals surface area contributed by atoms with Crippen molar-refractivity contribution in [3.05, 3.63) is 131 Å². The SMILES string of the molecule is CCN(CC)[C@@H](C(=O)N1CCC[C@H]1C1=Nc2ccc(-c3ccc4c(c3)CCCc3[nH]c([C@@H]5CCCN5C(=O)[C@@H](c5ccccc5)N(CC)CC)nc3-4)cc2C1)c1ccccc1. The van der Waals surface area contributed by atoms with Gasteiger partial charge in [-0.2, -0.15) is 0 Å². The number of benzene rings is 4. The summed E-state index contributed by atoms with van der Waals surface area (Å²) < 4.78 is 0. The molecule has 4 atom stereocenters. The normalized spacial score (nSPS) is 19.4. The summed E-state index contributed by atoms with van der Waals surface area (Å²) in [5, 5.41) is 0. The molecule has 1 aromatic heterocycles. The number of aryl methyl sites for hydroxylation is 2. The van der Waals surface area contributed by atoms with Crippen LogP contribution < -0.4 is 0 Å². The summed E-state index contributed by atoms with van der Waals surface area (Å²) >= 11 is 0. The highest BCUT2D eigenvalue weighted by molar-refractivity contribution is 6.01. The molecule has 4 aromatic carbocycles. The number of hydrogen-bond acceptors (Lipinski definition) is 6. The van der Waals surface area contributed by atoms with Crippen LogP contribution in [0.3, 0.4) is 0 Å². The van der Waals surface area contributed by atoms with Crippen molar-refractivity contribution in [2.45, 2.75) is 103 Å². The number of aliphatic imine (C=N–C) groups is 1. The van der Waals surface area contributed by atoms with Gasteiger partial charge in [0.25, 0.3) is 0 Å². The Labute approximate surface area is 361 Å². The number of aromatic amines is 1. The molecule has 0 bridgehead atoms. The van der Waals surface area contributed by atoms with Gasteiger partial charge in [-0.15, -0.1) is 0 Å². The van der Waals surface area contributed by atoms with Crippen LogP contribution in [0.4, 0.5) is 5.69 Å². The lowest BCUT2D eigenvalue weighted by molar-refractivity contribution is -0.138. The van der Waals surface area contributed by atoms with Crippen LogP contribution in [0.5, 0.6) is 0 Å². The van der Waals surface area contributed by atoms with Crippen molar-refractivity contribution in [2.24, 2.45) is 4.99 Å². The maximum atomic E-state index is 14.5. The molecule has 0 unspecified atom stereocenters. The number of aromatic nitrogens is 2. The lowest BCUT2D eigenvalue weighted by Gasteiger charge is -2.35. The van der Waals surface area contributed by atoms with Crippen molar-refractivity contribution in [3.63, 3.8) is 0 Å². The molecule has 1 aliphatic carbocycles. The zero-order chi connectivity index (χ0) is 42.0. The Morgan fingerprint density at radius 1 is 0.672 bits per heavy atom. The average Bonchev–Trinajstić information content (AvgIpc) is 4.13. The Balaban J connectivity index is 0.931. The van der Waals surface area contributed by atoms with Gasteiger partial charge < -0.3 is 14.8 Å². The molecule has 0 spiro atoms. The highest BCUT2D eigenvalue weighted by atomic mass is 16.2. The predicted molar refractivity (Wildman–Crippen MR) is 245 cm³/mol. The molecule has 0 saturated carbocycles. The van der Waals surface area contributed by atoms with E-state index in [0.29, 0.717) is 0 Å². The summed E-state index contributed by atoms with van der Waals surface area (Å²) in [6.45, 7) is 13.3. The number of hydrogen-bond donors (Lipinski definition) is 1. The largest absolute Gasteiger partial charge is 0.344 e. The van der Waals surface area contributed by atoms with Crippen LogP contribution in [0.25, 0.3) is 22.4 Å². The molecule has 9 nitrogen and oxygen atoms in total. The molecule has 1 N–H and O–H groups in total. The highest BCUT2D eigenvalue weighted by Crippen LogP contribution is 2.41. The molecule has 2 saturated heterocycles. The van der Waals surface area contributed by atoms with Crippen LogP contribution in [0.15, 0.2) is 102 Å². The number of nitrogens with zero attached hydrogens (tertiary/aromatic N) is 6. The first-order chi connectivity index (χ1) is 29.9. The Bertz CT molecular complexity index is 2380. The topological polar surface area (TPSA) is 88.1 Å². The van der Waals surface area contributed by atoms with Gasteiger partial charge in [0.05, 0.1) is 23.5 Å². The summed E-state index contributed by atoms with van der Waals surface area (Å²) in [7, 11) is 0. The smallest absolute Gasteiger partial charge is 0.245 e. The summed E-state index contributed by atoms with van der Waals surface area (Å²) in [5.41, 5.74) is 12.6. The Hall–Kier alpha value is -5.38. The summed E-state index contributed by atoms with van der Waals surface area (Å²) in [5.74, 6) is 1.27. The first-order valence-corrected chi connectivity index (χ1v) is 23.0. The Kier molecular flexibility index (Phi) is 12.0. The number of amides is 2. The fourth-order valence-corrected chi connectivity index (χ4v) is 10.7. The lowest BCUT2D eigenvalue weighted by atomic mass is 9.94. The van der Waals surface area contributed by atoms with Gasteiger partial charge in [0.15, 0.2) is 0 Å². The van der Waals surface area contributed by atoms with Crippen molar-refractivity contribution < 1.29 is 9.59 Å². The van der Waals surface area contributed by atoms with Crippen molar-refractivity contribution in [3.8, 4) is 22.4 Å². The third kappa shape index (κ3) is 7.87. The minimum absolute atomic E-state index is 0.0210. The van der Waals surface area contributed by atoms with Crippen LogP contribution in [0, 0.1) is 0 Å². The third-order valence-electron chi connectivity index (χ3n) is 13.9. The van der Waals surface area contributed by atoms with E-state index in [-0.39, 0.29) is 36.0 Å². The molecule has 2 fully saturated rings. The number of carbonyl (C=O) groups is 2. The zero-order valence-corrected chi connectivity index (χ0v) is 36.4. The average molecular weight is 816 g/mol. The number of nitrogens with one attached hydrogen (secondary N) is 1. The van der Waals surface area contributed by atoms with Crippen molar-refractivity contribution in [1.82, 2.24) is 29.6 Å². The van der Waals surface area contributed by atoms with Crippen molar-refractivity contribution in [1.29, 1.82) is 0 Å². The summed E-state index contributed by atoms with van der Waals surface area (Å²) in [6, 6.07) is 33.5. The molecular formula is C52H61N7O2. The molecule has 4 heterocycles. The maximum Gasteiger partial charge on any atom is 0.245 e. The minimum Gasteiger partial charge on any atom is -0.344 e. The van der Waals surface area contributed by atoms with Crippen LogP contribution >= 0.6 is 0 Å². The van der Waals surface area contributed by atoms with Gasteiger partial charge >= 0.3 is 0 Å². The van der Waals surface area contributed by atoms with Gasteiger partial charge in [-0.25, -0.2) is 4.98 Å². The van der Waals surface area contributed by atoms with Crippen LogP contribution in [-0.4, -0.2) is 92.4 Å². The fraction of sp³-hybridized carbons (Fsp3) is 0.423. The monoisotopic (exact) mass is 815 g/mol. The standard InChI is InChI=1S/C52H61N7O2/c1-5-56(6-2)48(35-18-11-9-12-19-35)51(60)58-30-16-24-45(58)44-34-40-33-38(27-29-42(40)53-44)37-26-28-41-39(32-37)22-15-23-43-47(41)55-50(54-43)46-25-17-31-59(46)52(61)49(57(7-3)8-4)36-20-13-10-14-21-36/h9-14,18-21,26-29,32-33,45-46,48-49H,5-8,15-17,22-25,30-31,34H2,1-4H3,(H,54,55)/t45-,46-,48+,49+/m0/s1. The van der Waals surface area contributed by atoms with E-state index in [1.165, 1.54) is 33.5 Å². The minimum atomic E-state index is -0.307. The second-order valence-corrected chi connectivity index (χ2v) is 17.2. The highest BCUT2D eigenvalue weighted by Gasteiger charge is 2.40. The van der Waals surface area contributed by atoms with Gasteiger partial charge in [-0.3, -0.25) is 24.4 Å². The molecule has 4 aliphatic rings. The van der Waals surface area contributed by atoms with E-state index in [1.807, 2.05) is 36.4 Å². The Morgan fingerprint density at radius 2 is 1.23 bits per heavy atom. The van der Waals surface area contributed by atoms with Gasteiger partial charge in [-0.05, 0) is 117 Å². The number of rotatable bonds is 13. The van der Waals surface area contributed by atoms with E-state index >= 15 is 0 Å². The maximum absolute atomic E-state index is 14.5. The van der Waals surface area contributed by atoms with Gasteiger partial charge in [-0.1, -0.05) is 113 Å². The number of likely N-dealkylation sites (tertiary alicyclic amines) is 2. The quantitative estimate of drug-likeness (QED) is 0.128. The molecule has 0 radical (unpaired) electrons. The molecule has 316 valence electrons. The van der Waals surface area contributed by atoms with E-state index in [0.717, 1.165) is 125 Å². The number of carbonyl (C=O) groups excluding carboxylic acids is 2. The molecule has 5 aromatic rings. The molecule has 2 amide bonds. The van der Waals surface area contributed by atoms with Crippen LogP contribution in [-0.2, 0) is 28.9 Å². The molecule has 3 aliphatic heterocycles. The molecule has 9 heteroatoms. The van der Waals surface area contributed by atoms with Gasteiger partial charge in [0.2, 0.25) is 11.8 Å². The molecule has 61 heavy (non-hydrogen) atoms. The summed E-state index contributed by atoms with van der Waals surface area (Å²) in [6.07, 6.45) is 7.55. The fourth-order valence-electron chi connectivity index (χ4n) is 10.7. The second kappa shape index (κ2) is 17.9. The Morgan fingerprint density at radius 3 is 1.84 bits per heavy atom. The lowest BCUT2D eigenvalue weighted by Crippen LogP contribution is -2.47. The van der Waals surface area contributed by atoms with Crippen LogP contribution in [0.2, 0.25) is 0 Å². The van der Waals surface area contributed by atoms with Crippen molar-refractivity contribution >= 4 is 23.2 Å². The van der Waals surface area contributed by atoms with E-state index in [9.17, 15) is 9.59 Å². The molecular weight excluding hydrogens is 755 g/mol. The van der Waals surface area contributed by atoms with E-state index in [1.54, 1.807) is 0 Å². The van der Waals surface area contributed by atoms with E-state index < -0.39 is 0 Å². The van der Waals surface area contributed by atoms with E-state index in [4.69, 9.17) is 9.98 Å². The number of H-pyrrole nitrogens is 1. The van der Waals surface area contributed by atoms with E-state index in [2.05, 4.69) is 113 Å². The molecule has 9 rings (SSSR count). The summed E-state index contributed by atoms with van der Waals surface area (Å²) in [4.78, 5) is 52.0. The van der Waals surface area contributed by atoms with Crippen molar-refractivity contribution in [2.75, 3.05) is 39.3 Å². The zero-order valence-electron chi connectivity index (χ0n) is 36.4. The number of fused-ring (bicyclic) bond motifs is 4. The second-order valence-electron chi connectivity index (χ2n) is 17.2. The number of imidazole rings is 1. The first-order valence-electron chi connectivity index (χ1n) is 23.0. The van der Waals surface area contributed by atoms with Crippen LogP contribution in [0.1, 0.15) is 112 Å². The van der Waals surface area contributed by atoms with Gasteiger partial charge in [0.1, 0.15) is 17.9 Å². The number of likely N-dealkylation sites (N-methyl/N-ethyl adjacent to an activating group) is 2. The first kappa shape index (κ1) is 41.0.